The number of rotatable bonds is 2. The first-order valence-electron chi connectivity index (χ1n) is 6.60. The zero-order chi connectivity index (χ0) is 12.4. The van der Waals surface area contributed by atoms with Crippen molar-refractivity contribution < 1.29 is 14.2 Å². The first kappa shape index (κ1) is 11.7. The van der Waals surface area contributed by atoms with Gasteiger partial charge in [-0.3, -0.25) is 0 Å². The summed E-state index contributed by atoms with van der Waals surface area (Å²) >= 11 is 0. The van der Waals surface area contributed by atoms with Gasteiger partial charge in [-0.15, -0.1) is 0 Å². The molecule has 98 valence electrons. The van der Waals surface area contributed by atoms with Crippen molar-refractivity contribution in [3.63, 3.8) is 0 Å². The Hall–Kier alpha value is -1.42. The Morgan fingerprint density at radius 2 is 2.11 bits per heavy atom. The number of methoxy groups -OCH3 is 1. The van der Waals surface area contributed by atoms with E-state index in [1.54, 1.807) is 7.11 Å². The fourth-order valence-corrected chi connectivity index (χ4v) is 2.71. The second-order valence-corrected chi connectivity index (χ2v) is 4.71. The number of hydrogen-bond acceptors (Lipinski definition) is 4. The van der Waals surface area contributed by atoms with Gasteiger partial charge in [-0.25, -0.2) is 0 Å². The fourth-order valence-electron chi connectivity index (χ4n) is 2.71. The Bertz CT molecular complexity index is 427. The van der Waals surface area contributed by atoms with Crippen LogP contribution in [0.25, 0.3) is 0 Å². The number of ether oxygens (including phenoxy) is 3. The summed E-state index contributed by atoms with van der Waals surface area (Å²) in [5.41, 5.74) is 1.18. The standard InChI is InChI=1S/C14H19NO3/c1-16-13-10(11-4-2-3-7-15-11)5-6-12-14(13)18-9-8-17-12/h5-6,11,15H,2-4,7-9H2,1H3. The second kappa shape index (κ2) is 5.06. The van der Waals surface area contributed by atoms with E-state index < -0.39 is 0 Å². The molecule has 2 aliphatic rings. The average molecular weight is 249 g/mol. The van der Waals surface area contributed by atoms with Gasteiger partial charge in [-0.2, -0.15) is 0 Å². The lowest BCUT2D eigenvalue weighted by Crippen LogP contribution is -2.27. The summed E-state index contributed by atoms with van der Waals surface area (Å²) in [6, 6.07) is 4.45. The van der Waals surface area contributed by atoms with Crippen molar-refractivity contribution in [1.82, 2.24) is 5.32 Å². The predicted molar refractivity (Wildman–Crippen MR) is 68.6 cm³/mol. The van der Waals surface area contributed by atoms with Crippen molar-refractivity contribution in [2.75, 3.05) is 26.9 Å². The van der Waals surface area contributed by atoms with Gasteiger partial charge in [0.1, 0.15) is 13.2 Å². The van der Waals surface area contributed by atoms with Crippen LogP contribution in [-0.4, -0.2) is 26.9 Å². The van der Waals surface area contributed by atoms with E-state index in [0.717, 1.165) is 30.2 Å². The molecule has 1 fully saturated rings. The largest absolute Gasteiger partial charge is 0.492 e. The normalized spacial score (nSPS) is 22.6. The van der Waals surface area contributed by atoms with Gasteiger partial charge in [-0.05, 0) is 31.5 Å². The number of nitrogens with one attached hydrogen (secondary N) is 1. The van der Waals surface area contributed by atoms with Gasteiger partial charge in [-0.1, -0.05) is 6.42 Å². The molecule has 0 aliphatic carbocycles. The van der Waals surface area contributed by atoms with Crippen LogP contribution in [0, 0.1) is 0 Å². The van der Waals surface area contributed by atoms with Gasteiger partial charge in [0.25, 0.3) is 0 Å². The Morgan fingerprint density at radius 3 is 2.89 bits per heavy atom. The van der Waals surface area contributed by atoms with E-state index in [9.17, 15) is 0 Å². The predicted octanol–water partition coefficient (Wildman–Crippen LogP) is 2.28. The molecule has 4 nitrogen and oxygen atoms in total. The van der Waals surface area contributed by atoms with Crippen LogP contribution in [0.15, 0.2) is 12.1 Å². The van der Waals surface area contributed by atoms with E-state index in [1.807, 2.05) is 6.07 Å². The molecule has 0 aromatic heterocycles. The quantitative estimate of drug-likeness (QED) is 0.873. The smallest absolute Gasteiger partial charge is 0.204 e. The molecule has 1 aromatic rings. The SMILES string of the molecule is COc1c(C2CCCCN2)ccc2c1OCCO2. The van der Waals surface area contributed by atoms with Crippen LogP contribution in [0.5, 0.6) is 17.2 Å². The molecule has 1 saturated heterocycles. The highest BCUT2D eigenvalue weighted by Crippen LogP contribution is 2.44. The van der Waals surface area contributed by atoms with Crippen molar-refractivity contribution >= 4 is 0 Å². The minimum atomic E-state index is 0.365. The van der Waals surface area contributed by atoms with E-state index in [-0.39, 0.29) is 0 Å². The molecule has 0 amide bonds. The maximum Gasteiger partial charge on any atom is 0.204 e. The van der Waals surface area contributed by atoms with Gasteiger partial charge >= 0.3 is 0 Å². The average Bonchev–Trinajstić information content (AvgIpc) is 2.47. The second-order valence-electron chi connectivity index (χ2n) is 4.71. The topological polar surface area (TPSA) is 39.7 Å². The Balaban J connectivity index is 1.98. The lowest BCUT2D eigenvalue weighted by atomic mass is 9.96. The maximum atomic E-state index is 5.70. The maximum absolute atomic E-state index is 5.70. The van der Waals surface area contributed by atoms with Crippen molar-refractivity contribution in [2.24, 2.45) is 0 Å². The number of fused-ring (bicyclic) bond motifs is 1. The highest BCUT2D eigenvalue weighted by molar-refractivity contribution is 5.57. The molecule has 2 heterocycles. The summed E-state index contributed by atoms with van der Waals surface area (Å²) in [5.74, 6) is 2.37. The minimum absolute atomic E-state index is 0.365. The molecule has 4 heteroatoms. The Morgan fingerprint density at radius 1 is 1.22 bits per heavy atom. The van der Waals surface area contributed by atoms with E-state index in [2.05, 4.69) is 11.4 Å². The van der Waals surface area contributed by atoms with E-state index in [4.69, 9.17) is 14.2 Å². The zero-order valence-corrected chi connectivity index (χ0v) is 10.7. The molecule has 1 aromatic carbocycles. The summed E-state index contributed by atoms with van der Waals surface area (Å²) in [4.78, 5) is 0. The molecule has 3 rings (SSSR count). The van der Waals surface area contributed by atoms with Crippen LogP contribution in [0.3, 0.4) is 0 Å². The molecule has 0 bridgehead atoms. The summed E-state index contributed by atoms with van der Waals surface area (Å²) in [6.45, 7) is 2.27. The molecule has 1 atom stereocenters. The number of piperidine rings is 1. The van der Waals surface area contributed by atoms with Crippen molar-refractivity contribution in [1.29, 1.82) is 0 Å². The third kappa shape index (κ3) is 2.01. The molecule has 1 unspecified atom stereocenters. The van der Waals surface area contributed by atoms with Gasteiger partial charge in [0.2, 0.25) is 5.75 Å². The van der Waals surface area contributed by atoms with Gasteiger partial charge in [0, 0.05) is 11.6 Å². The Kier molecular flexibility index (Phi) is 3.28. The molecule has 1 N–H and O–H groups in total. The lowest BCUT2D eigenvalue weighted by Gasteiger charge is -2.28. The highest BCUT2D eigenvalue weighted by atomic mass is 16.6. The van der Waals surface area contributed by atoms with Crippen molar-refractivity contribution in [3.8, 4) is 17.2 Å². The number of benzene rings is 1. The Labute approximate surface area is 107 Å². The third-order valence-electron chi connectivity index (χ3n) is 3.58. The summed E-state index contributed by atoms with van der Waals surface area (Å²) in [7, 11) is 1.69. The zero-order valence-electron chi connectivity index (χ0n) is 10.7. The van der Waals surface area contributed by atoms with Gasteiger partial charge < -0.3 is 19.5 Å². The van der Waals surface area contributed by atoms with Gasteiger partial charge in [0.05, 0.1) is 7.11 Å². The highest BCUT2D eigenvalue weighted by Gasteiger charge is 2.25. The monoisotopic (exact) mass is 249 g/mol. The van der Waals surface area contributed by atoms with E-state index in [1.165, 1.54) is 18.4 Å². The molecule has 2 aliphatic heterocycles. The van der Waals surface area contributed by atoms with Gasteiger partial charge in [0.15, 0.2) is 11.5 Å². The lowest BCUT2D eigenvalue weighted by molar-refractivity contribution is 0.164. The van der Waals surface area contributed by atoms with E-state index in [0.29, 0.717) is 19.3 Å². The summed E-state index contributed by atoms with van der Waals surface area (Å²) in [5, 5.41) is 3.54. The van der Waals surface area contributed by atoms with Crippen LogP contribution < -0.4 is 19.5 Å². The van der Waals surface area contributed by atoms with Crippen molar-refractivity contribution in [3.05, 3.63) is 17.7 Å². The van der Waals surface area contributed by atoms with Crippen molar-refractivity contribution in [2.45, 2.75) is 25.3 Å². The molecule has 0 spiro atoms. The van der Waals surface area contributed by atoms with Crippen LogP contribution in [0.2, 0.25) is 0 Å². The van der Waals surface area contributed by atoms with Crippen LogP contribution in [-0.2, 0) is 0 Å². The van der Waals surface area contributed by atoms with Crippen LogP contribution in [0.4, 0.5) is 0 Å². The van der Waals surface area contributed by atoms with Crippen LogP contribution >= 0.6 is 0 Å². The van der Waals surface area contributed by atoms with Crippen LogP contribution in [0.1, 0.15) is 30.9 Å². The fraction of sp³-hybridized carbons (Fsp3) is 0.571. The summed E-state index contributed by atoms with van der Waals surface area (Å²) < 4.78 is 16.8. The molecular formula is C14H19NO3. The number of hydrogen-bond donors (Lipinski definition) is 1. The first-order valence-corrected chi connectivity index (χ1v) is 6.60. The summed E-state index contributed by atoms with van der Waals surface area (Å²) in [6.07, 6.45) is 3.66. The first-order chi connectivity index (χ1) is 8.90. The molecular weight excluding hydrogens is 230 g/mol. The molecule has 18 heavy (non-hydrogen) atoms. The molecule has 0 radical (unpaired) electrons. The third-order valence-corrected chi connectivity index (χ3v) is 3.58. The molecule has 0 saturated carbocycles. The minimum Gasteiger partial charge on any atom is -0.492 e. The van der Waals surface area contributed by atoms with E-state index >= 15 is 0 Å².